The van der Waals surface area contributed by atoms with Crippen molar-refractivity contribution in [1.29, 1.82) is 0 Å². The molecule has 0 aliphatic rings. The highest BCUT2D eigenvalue weighted by Gasteiger charge is 2.30. The predicted octanol–water partition coefficient (Wildman–Crippen LogP) is 4.19. The normalized spacial score (nSPS) is 11.6. The van der Waals surface area contributed by atoms with Gasteiger partial charge in [0.15, 0.2) is 0 Å². The van der Waals surface area contributed by atoms with Gasteiger partial charge in [0.25, 0.3) is 0 Å². The smallest absolute Gasteiger partial charge is 0.398 e. The van der Waals surface area contributed by atoms with Crippen molar-refractivity contribution in [3.63, 3.8) is 0 Å². The van der Waals surface area contributed by atoms with E-state index in [4.69, 9.17) is 5.73 Å². The SMILES string of the molecule is Cc1ccc(Cc2ccc(C(F)(F)F)cc2N)cc1. The molecular formula is C15H14F3N. The Morgan fingerprint density at radius 3 is 2.16 bits per heavy atom. The minimum absolute atomic E-state index is 0.176. The number of rotatable bonds is 2. The number of hydrogen-bond acceptors (Lipinski definition) is 1. The number of benzene rings is 2. The molecule has 0 aliphatic heterocycles. The predicted molar refractivity (Wildman–Crippen MR) is 69.8 cm³/mol. The molecule has 0 atom stereocenters. The summed E-state index contributed by atoms with van der Waals surface area (Å²) in [6.07, 6.45) is -3.82. The highest BCUT2D eigenvalue weighted by atomic mass is 19.4. The van der Waals surface area contributed by atoms with Gasteiger partial charge in [-0.05, 0) is 36.6 Å². The average molecular weight is 265 g/mol. The van der Waals surface area contributed by atoms with Crippen LogP contribution in [0.2, 0.25) is 0 Å². The molecule has 2 aromatic carbocycles. The van der Waals surface area contributed by atoms with Crippen LogP contribution in [0.1, 0.15) is 22.3 Å². The quantitative estimate of drug-likeness (QED) is 0.810. The van der Waals surface area contributed by atoms with E-state index >= 15 is 0 Å². The molecule has 0 amide bonds. The third kappa shape index (κ3) is 3.28. The molecule has 0 heterocycles. The van der Waals surface area contributed by atoms with E-state index in [0.29, 0.717) is 12.0 Å². The van der Waals surface area contributed by atoms with Crippen LogP contribution in [0.15, 0.2) is 42.5 Å². The molecule has 1 nitrogen and oxygen atoms in total. The van der Waals surface area contributed by atoms with Gasteiger partial charge in [-0.2, -0.15) is 13.2 Å². The fourth-order valence-corrected chi connectivity index (χ4v) is 1.86. The van der Waals surface area contributed by atoms with E-state index in [2.05, 4.69) is 0 Å². The van der Waals surface area contributed by atoms with Crippen LogP contribution in [-0.2, 0) is 12.6 Å². The first kappa shape index (κ1) is 13.5. The maximum absolute atomic E-state index is 12.5. The summed E-state index contributed by atoms with van der Waals surface area (Å²) in [6.45, 7) is 1.98. The van der Waals surface area contributed by atoms with Crippen molar-refractivity contribution in [3.8, 4) is 0 Å². The molecule has 0 aliphatic carbocycles. The van der Waals surface area contributed by atoms with Crippen LogP contribution in [-0.4, -0.2) is 0 Å². The first-order valence-corrected chi connectivity index (χ1v) is 5.87. The number of nitrogen functional groups attached to an aromatic ring is 1. The van der Waals surface area contributed by atoms with Gasteiger partial charge in [-0.25, -0.2) is 0 Å². The van der Waals surface area contributed by atoms with Crippen LogP contribution in [0.25, 0.3) is 0 Å². The molecule has 19 heavy (non-hydrogen) atoms. The molecule has 0 saturated carbocycles. The number of anilines is 1. The van der Waals surface area contributed by atoms with E-state index in [1.165, 1.54) is 6.07 Å². The van der Waals surface area contributed by atoms with Gasteiger partial charge in [-0.15, -0.1) is 0 Å². The van der Waals surface area contributed by atoms with Crippen molar-refractivity contribution >= 4 is 5.69 Å². The number of aryl methyl sites for hydroxylation is 1. The van der Waals surface area contributed by atoms with Gasteiger partial charge in [0.1, 0.15) is 0 Å². The molecule has 0 aromatic heterocycles. The van der Waals surface area contributed by atoms with Gasteiger partial charge in [-0.3, -0.25) is 0 Å². The van der Waals surface area contributed by atoms with Gasteiger partial charge in [0, 0.05) is 5.69 Å². The van der Waals surface area contributed by atoms with E-state index in [1.807, 2.05) is 31.2 Å². The van der Waals surface area contributed by atoms with E-state index in [0.717, 1.165) is 23.3 Å². The Bertz CT molecular complexity index is 571. The average Bonchev–Trinajstić information content (AvgIpc) is 2.33. The minimum Gasteiger partial charge on any atom is -0.398 e. The number of nitrogens with two attached hydrogens (primary N) is 1. The molecule has 100 valence electrons. The Labute approximate surface area is 109 Å². The van der Waals surface area contributed by atoms with Crippen LogP contribution in [0.4, 0.5) is 18.9 Å². The molecule has 0 radical (unpaired) electrons. The lowest BCUT2D eigenvalue weighted by atomic mass is 10.0. The molecule has 0 unspecified atom stereocenters. The summed E-state index contributed by atoms with van der Waals surface area (Å²) >= 11 is 0. The zero-order valence-corrected chi connectivity index (χ0v) is 10.5. The van der Waals surface area contributed by atoms with Crippen LogP contribution in [0, 0.1) is 6.92 Å². The number of hydrogen-bond donors (Lipinski definition) is 1. The maximum Gasteiger partial charge on any atom is 0.416 e. The molecule has 2 rings (SSSR count). The lowest BCUT2D eigenvalue weighted by molar-refractivity contribution is -0.137. The zero-order chi connectivity index (χ0) is 14.0. The molecule has 2 aromatic rings. The molecule has 0 spiro atoms. The Morgan fingerprint density at radius 1 is 1.00 bits per heavy atom. The third-order valence-electron chi connectivity index (χ3n) is 2.99. The van der Waals surface area contributed by atoms with Crippen LogP contribution >= 0.6 is 0 Å². The summed E-state index contributed by atoms with van der Waals surface area (Å²) in [5.74, 6) is 0. The molecule has 0 fully saturated rings. The lowest BCUT2D eigenvalue weighted by Crippen LogP contribution is -2.07. The highest BCUT2D eigenvalue weighted by molar-refractivity contribution is 5.51. The largest absolute Gasteiger partial charge is 0.416 e. The number of halogens is 3. The molecule has 0 saturated heterocycles. The maximum atomic E-state index is 12.5. The molecule has 4 heteroatoms. The fraction of sp³-hybridized carbons (Fsp3) is 0.200. The zero-order valence-electron chi connectivity index (χ0n) is 10.5. The van der Waals surface area contributed by atoms with Gasteiger partial charge >= 0.3 is 6.18 Å². The third-order valence-corrected chi connectivity index (χ3v) is 2.99. The van der Waals surface area contributed by atoms with Gasteiger partial charge in [-0.1, -0.05) is 35.9 Å². The van der Waals surface area contributed by atoms with Crippen molar-refractivity contribution in [1.82, 2.24) is 0 Å². The van der Waals surface area contributed by atoms with E-state index < -0.39 is 11.7 Å². The van der Waals surface area contributed by atoms with Crippen molar-refractivity contribution in [2.75, 3.05) is 5.73 Å². The van der Waals surface area contributed by atoms with Gasteiger partial charge < -0.3 is 5.73 Å². The van der Waals surface area contributed by atoms with E-state index in [-0.39, 0.29) is 5.69 Å². The monoisotopic (exact) mass is 265 g/mol. The topological polar surface area (TPSA) is 26.0 Å². The van der Waals surface area contributed by atoms with E-state index in [9.17, 15) is 13.2 Å². The van der Waals surface area contributed by atoms with Crippen molar-refractivity contribution in [3.05, 3.63) is 64.7 Å². The standard InChI is InChI=1S/C15H14F3N/c1-10-2-4-11(5-3-10)8-12-6-7-13(9-14(12)19)15(16,17)18/h2-7,9H,8,19H2,1H3. The highest BCUT2D eigenvalue weighted by Crippen LogP contribution is 2.31. The Morgan fingerprint density at radius 2 is 1.63 bits per heavy atom. The lowest BCUT2D eigenvalue weighted by Gasteiger charge is -2.11. The second-order valence-electron chi connectivity index (χ2n) is 4.57. The second-order valence-corrected chi connectivity index (χ2v) is 4.57. The van der Waals surface area contributed by atoms with Gasteiger partial charge in [0.2, 0.25) is 0 Å². The van der Waals surface area contributed by atoms with Crippen molar-refractivity contribution in [2.24, 2.45) is 0 Å². The summed E-state index contributed by atoms with van der Waals surface area (Å²) in [5, 5.41) is 0. The summed E-state index contributed by atoms with van der Waals surface area (Å²) < 4.78 is 37.5. The van der Waals surface area contributed by atoms with Crippen LogP contribution < -0.4 is 5.73 Å². The summed E-state index contributed by atoms with van der Waals surface area (Å²) in [5.41, 5.74) is 8.03. The van der Waals surface area contributed by atoms with Crippen molar-refractivity contribution < 1.29 is 13.2 Å². The minimum atomic E-state index is -4.35. The fourth-order valence-electron chi connectivity index (χ4n) is 1.86. The number of alkyl halides is 3. The molecule has 0 bridgehead atoms. The van der Waals surface area contributed by atoms with Crippen LogP contribution in [0.5, 0.6) is 0 Å². The van der Waals surface area contributed by atoms with Gasteiger partial charge in [0.05, 0.1) is 5.56 Å². The van der Waals surface area contributed by atoms with Crippen LogP contribution in [0.3, 0.4) is 0 Å². The van der Waals surface area contributed by atoms with E-state index in [1.54, 1.807) is 0 Å². The van der Waals surface area contributed by atoms with Crippen molar-refractivity contribution in [2.45, 2.75) is 19.5 Å². The Kier molecular flexibility index (Phi) is 3.51. The first-order valence-electron chi connectivity index (χ1n) is 5.87. The second kappa shape index (κ2) is 4.96. The Balaban J connectivity index is 2.24. The first-order chi connectivity index (χ1) is 8.86. The summed E-state index contributed by atoms with van der Waals surface area (Å²) in [7, 11) is 0. The molecular weight excluding hydrogens is 251 g/mol. The summed E-state index contributed by atoms with van der Waals surface area (Å²) in [6, 6.07) is 11.3. The molecule has 2 N–H and O–H groups in total. The Hall–Kier alpha value is -1.97. The summed E-state index contributed by atoms with van der Waals surface area (Å²) in [4.78, 5) is 0.